The Morgan fingerprint density at radius 3 is 2.60 bits per heavy atom. The van der Waals surface area contributed by atoms with Crippen LogP contribution in [0.5, 0.6) is 5.75 Å². The van der Waals surface area contributed by atoms with Gasteiger partial charge in [-0.1, -0.05) is 41.4 Å². The van der Waals surface area contributed by atoms with Gasteiger partial charge in [-0.25, -0.2) is 0 Å². The highest BCUT2D eigenvalue weighted by atomic mass is 35.5. The van der Waals surface area contributed by atoms with Crippen molar-refractivity contribution in [2.24, 2.45) is 0 Å². The number of carbonyl (C=O) groups excluding carboxylic acids is 1. The predicted molar refractivity (Wildman–Crippen MR) is 99.5 cm³/mol. The van der Waals surface area contributed by atoms with Crippen LogP contribution in [0.4, 0.5) is 5.69 Å². The maximum Gasteiger partial charge on any atom is 0.235 e. The Morgan fingerprint density at radius 2 is 1.96 bits per heavy atom. The molecule has 1 saturated heterocycles. The first-order valence-electron chi connectivity index (χ1n) is 8.35. The van der Waals surface area contributed by atoms with Crippen LogP contribution in [0.3, 0.4) is 0 Å². The summed E-state index contributed by atoms with van der Waals surface area (Å²) in [5.41, 5.74) is 2.25. The molecule has 1 amide bonds. The highest BCUT2D eigenvalue weighted by Gasteiger charge is 2.41. The summed E-state index contributed by atoms with van der Waals surface area (Å²) in [7, 11) is 1.56. The molecule has 0 bridgehead atoms. The van der Waals surface area contributed by atoms with Crippen LogP contribution in [0.15, 0.2) is 42.5 Å². The van der Waals surface area contributed by atoms with Crippen LogP contribution in [-0.2, 0) is 14.9 Å². The van der Waals surface area contributed by atoms with E-state index in [1.54, 1.807) is 25.3 Å². The first-order chi connectivity index (χ1) is 12.0. The molecular weight excluding hydrogens is 338 g/mol. The minimum Gasteiger partial charge on any atom is -0.495 e. The molecule has 1 N–H and O–H groups in total. The lowest BCUT2D eigenvalue weighted by Gasteiger charge is -2.36. The zero-order valence-electron chi connectivity index (χ0n) is 14.5. The summed E-state index contributed by atoms with van der Waals surface area (Å²) >= 11 is 6.17. The number of carbonyl (C=O) groups is 1. The van der Waals surface area contributed by atoms with E-state index >= 15 is 0 Å². The first kappa shape index (κ1) is 17.8. The summed E-state index contributed by atoms with van der Waals surface area (Å²) < 4.78 is 10.7. The molecule has 1 heterocycles. The Hall–Kier alpha value is -2.04. The normalized spacial score (nSPS) is 16.3. The van der Waals surface area contributed by atoms with Gasteiger partial charge in [-0.2, -0.15) is 0 Å². The van der Waals surface area contributed by atoms with Gasteiger partial charge in [0.15, 0.2) is 0 Å². The van der Waals surface area contributed by atoms with E-state index in [0.29, 0.717) is 42.5 Å². The van der Waals surface area contributed by atoms with E-state index < -0.39 is 5.41 Å². The smallest absolute Gasteiger partial charge is 0.235 e. The minimum absolute atomic E-state index is 0.0253. The lowest BCUT2D eigenvalue weighted by atomic mass is 9.73. The van der Waals surface area contributed by atoms with E-state index in [4.69, 9.17) is 21.1 Å². The van der Waals surface area contributed by atoms with Gasteiger partial charge in [0, 0.05) is 18.9 Å². The number of hydrogen-bond acceptors (Lipinski definition) is 3. The van der Waals surface area contributed by atoms with Crippen LogP contribution in [0.2, 0.25) is 5.02 Å². The number of ether oxygens (including phenoxy) is 2. The minimum atomic E-state index is -0.587. The number of amides is 1. The monoisotopic (exact) mass is 359 g/mol. The lowest BCUT2D eigenvalue weighted by Crippen LogP contribution is -2.44. The molecule has 1 fully saturated rings. The molecule has 0 atom stereocenters. The molecule has 0 saturated carbocycles. The van der Waals surface area contributed by atoms with E-state index in [2.05, 4.69) is 11.4 Å². The average molecular weight is 360 g/mol. The molecule has 2 aromatic rings. The molecule has 2 aromatic carbocycles. The summed E-state index contributed by atoms with van der Waals surface area (Å²) in [5.74, 6) is 0.557. The fraction of sp³-hybridized carbons (Fsp3) is 0.350. The average Bonchev–Trinajstić information content (AvgIpc) is 2.62. The summed E-state index contributed by atoms with van der Waals surface area (Å²) in [6, 6.07) is 13.4. The van der Waals surface area contributed by atoms with E-state index in [1.807, 2.05) is 25.1 Å². The van der Waals surface area contributed by atoms with Gasteiger partial charge in [0.1, 0.15) is 5.75 Å². The Balaban J connectivity index is 1.91. The molecule has 3 rings (SSSR count). The number of methoxy groups -OCH3 is 1. The second-order valence-electron chi connectivity index (χ2n) is 6.37. The number of nitrogens with one attached hydrogen (secondary N) is 1. The molecular formula is C20H22ClNO3. The van der Waals surface area contributed by atoms with Crippen LogP contribution in [0.25, 0.3) is 0 Å². The van der Waals surface area contributed by atoms with Gasteiger partial charge >= 0.3 is 0 Å². The summed E-state index contributed by atoms with van der Waals surface area (Å²) in [6.07, 6.45) is 1.32. The van der Waals surface area contributed by atoms with E-state index in [1.165, 1.54) is 0 Å². The van der Waals surface area contributed by atoms with Gasteiger partial charge in [-0.05, 0) is 43.5 Å². The molecule has 132 valence electrons. The van der Waals surface area contributed by atoms with Crippen molar-refractivity contribution in [1.29, 1.82) is 0 Å². The summed E-state index contributed by atoms with van der Waals surface area (Å²) in [5, 5.41) is 3.50. The first-order valence-corrected chi connectivity index (χ1v) is 8.73. The molecule has 4 nitrogen and oxygen atoms in total. The fourth-order valence-corrected chi connectivity index (χ4v) is 3.56. The second kappa shape index (κ2) is 7.46. The van der Waals surface area contributed by atoms with Crippen LogP contribution in [-0.4, -0.2) is 26.2 Å². The predicted octanol–water partition coefficient (Wildman–Crippen LogP) is 4.34. The summed E-state index contributed by atoms with van der Waals surface area (Å²) in [6.45, 7) is 3.19. The molecule has 25 heavy (non-hydrogen) atoms. The second-order valence-corrected chi connectivity index (χ2v) is 6.77. The summed E-state index contributed by atoms with van der Waals surface area (Å²) in [4.78, 5) is 13.2. The van der Waals surface area contributed by atoms with Gasteiger partial charge in [0.25, 0.3) is 0 Å². The van der Waals surface area contributed by atoms with Crippen molar-refractivity contribution in [2.75, 3.05) is 25.6 Å². The SMILES string of the molecule is COc1ccc(NC(=O)C2(c3cccc(C)c3)CCOCC2)cc1Cl. The molecule has 1 aliphatic rings. The van der Waals surface area contributed by atoms with Crippen molar-refractivity contribution < 1.29 is 14.3 Å². The van der Waals surface area contributed by atoms with Crippen molar-refractivity contribution in [3.63, 3.8) is 0 Å². The maximum atomic E-state index is 13.2. The largest absolute Gasteiger partial charge is 0.495 e. The third-order valence-corrected chi connectivity index (χ3v) is 5.06. The fourth-order valence-electron chi connectivity index (χ4n) is 3.30. The molecule has 0 aromatic heterocycles. The van der Waals surface area contributed by atoms with Crippen molar-refractivity contribution in [3.8, 4) is 5.75 Å². The highest BCUT2D eigenvalue weighted by Crippen LogP contribution is 2.37. The zero-order valence-corrected chi connectivity index (χ0v) is 15.2. The number of halogens is 1. The highest BCUT2D eigenvalue weighted by molar-refractivity contribution is 6.32. The van der Waals surface area contributed by atoms with Crippen molar-refractivity contribution in [2.45, 2.75) is 25.2 Å². The Bertz CT molecular complexity index is 769. The van der Waals surface area contributed by atoms with E-state index in [0.717, 1.165) is 11.1 Å². The number of rotatable bonds is 4. The Kier molecular flexibility index (Phi) is 5.30. The Labute approximate surface area is 153 Å². The number of aryl methyl sites for hydroxylation is 1. The zero-order chi connectivity index (χ0) is 17.9. The van der Waals surface area contributed by atoms with Crippen molar-refractivity contribution >= 4 is 23.2 Å². The van der Waals surface area contributed by atoms with Gasteiger partial charge < -0.3 is 14.8 Å². The standard InChI is InChI=1S/C20H22ClNO3/c1-14-4-3-5-15(12-14)20(8-10-25-11-9-20)19(23)22-16-6-7-18(24-2)17(21)13-16/h3-7,12-13H,8-11H2,1-2H3,(H,22,23). The van der Waals surface area contributed by atoms with Crippen molar-refractivity contribution in [3.05, 3.63) is 58.6 Å². The lowest BCUT2D eigenvalue weighted by molar-refractivity contribution is -0.125. The number of anilines is 1. The molecule has 0 aliphatic carbocycles. The van der Waals surface area contributed by atoms with Crippen LogP contribution in [0.1, 0.15) is 24.0 Å². The molecule has 1 aliphatic heterocycles. The van der Waals surface area contributed by atoms with Crippen LogP contribution in [0, 0.1) is 6.92 Å². The third kappa shape index (κ3) is 3.65. The quantitative estimate of drug-likeness (QED) is 0.883. The van der Waals surface area contributed by atoms with Gasteiger partial charge in [0.2, 0.25) is 5.91 Å². The third-order valence-electron chi connectivity index (χ3n) is 4.76. The van der Waals surface area contributed by atoms with Crippen LogP contribution >= 0.6 is 11.6 Å². The molecule has 0 radical (unpaired) electrons. The van der Waals surface area contributed by atoms with Crippen molar-refractivity contribution in [1.82, 2.24) is 0 Å². The van der Waals surface area contributed by atoms with E-state index in [-0.39, 0.29) is 5.91 Å². The molecule has 5 heteroatoms. The van der Waals surface area contributed by atoms with Crippen LogP contribution < -0.4 is 10.1 Å². The van der Waals surface area contributed by atoms with Gasteiger partial charge in [-0.15, -0.1) is 0 Å². The topological polar surface area (TPSA) is 47.6 Å². The Morgan fingerprint density at radius 1 is 1.20 bits per heavy atom. The molecule has 0 unspecified atom stereocenters. The maximum absolute atomic E-state index is 13.2. The van der Waals surface area contributed by atoms with Gasteiger partial charge in [0.05, 0.1) is 17.5 Å². The number of hydrogen-bond donors (Lipinski definition) is 1. The van der Waals surface area contributed by atoms with Gasteiger partial charge in [-0.3, -0.25) is 4.79 Å². The van der Waals surface area contributed by atoms with E-state index in [9.17, 15) is 4.79 Å². The number of benzene rings is 2. The molecule has 0 spiro atoms.